The molecular formula is C19H25N3O3. The van der Waals surface area contributed by atoms with Crippen LogP contribution in [0, 0.1) is 5.92 Å². The Balaban J connectivity index is 2.40. The Morgan fingerprint density at radius 3 is 2.36 bits per heavy atom. The summed E-state index contributed by atoms with van der Waals surface area (Å²) in [7, 11) is 1.62. The number of aromatic nitrogens is 2. The zero-order valence-electron chi connectivity index (χ0n) is 15.4. The maximum Gasteiger partial charge on any atom is 0.308 e. The highest BCUT2D eigenvalue weighted by atomic mass is 16.4. The van der Waals surface area contributed by atoms with Crippen LogP contribution >= 0.6 is 0 Å². The molecule has 1 atom stereocenters. The van der Waals surface area contributed by atoms with Crippen LogP contribution in [0.15, 0.2) is 36.5 Å². The minimum absolute atomic E-state index is 0.147. The predicted molar refractivity (Wildman–Crippen MR) is 96.0 cm³/mol. The highest BCUT2D eigenvalue weighted by molar-refractivity contribution is 5.95. The Bertz CT molecular complexity index is 760. The van der Waals surface area contributed by atoms with Gasteiger partial charge in [0.25, 0.3) is 5.91 Å². The van der Waals surface area contributed by atoms with Gasteiger partial charge in [-0.1, -0.05) is 45.9 Å². The van der Waals surface area contributed by atoms with E-state index in [4.69, 9.17) is 5.11 Å². The Hall–Kier alpha value is -2.63. The third kappa shape index (κ3) is 4.26. The average molecular weight is 343 g/mol. The Labute approximate surface area is 148 Å². The van der Waals surface area contributed by atoms with Gasteiger partial charge in [0.2, 0.25) is 0 Å². The molecule has 0 radical (unpaired) electrons. The van der Waals surface area contributed by atoms with Crippen LogP contribution in [0.5, 0.6) is 0 Å². The molecule has 0 bridgehead atoms. The summed E-state index contributed by atoms with van der Waals surface area (Å²) < 4.78 is 1.70. The standard InChI is InChI=1S/C19H25N3O3/c1-13(18(24)25)11-21(5)17(23)15-12-22(14-9-7-6-8-10-14)20-16(15)19(2,3)4/h6-10,12-13H,11H2,1-5H3,(H,24,25). The lowest BCUT2D eigenvalue weighted by atomic mass is 9.89. The topological polar surface area (TPSA) is 75.4 Å². The quantitative estimate of drug-likeness (QED) is 0.905. The van der Waals surface area contributed by atoms with Gasteiger partial charge in [-0.25, -0.2) is 4.68 Å². The Kier molecular flexibility index (Phi) is 5.30. The van der Waals surface area contributed by atoms with Crippen LogP contribution in [0.3, 0.4) is 0 Å². The van der Waals surface area contributed by atoms with Gasteiger partial charge < -0.3 is 10.0 Å². The summed E-state index contributed by atoms with van der Waals surface area (Å²) in [6.45, 7) is 7.74. The number of carbonyl (C=O) groups is 2. The lowest BCUT2D eigenvalue weighted by Crippen LogP contribution is -2.34. The molecule has 0 aliphatic rings. The number of carboxylic acid groups (broad SMARTS) is 1. The number of benzene rings is 1. The molecule has 0 fully saturated rings. The van der Waals surface area contributed by atoms with E-state index < -0.39 is 11.9 Å². The molecule has 1 unspecified atom stereocenters. The first-order valence-electron chi connectivity index (χ1n) is 8.25. The third-order valence-corrected chi connectivity index (χ3v) is 3.99. The number of carboxylic acids is 1. The van der Waals surface area contributed by atoms with E-state index in [0.717, 1.165) is 5.69 Å². The van der Waals surface area contributed by atoms with Gasteiger partial charge in [-0.05, 0) is 12.1 Å². The molecule has 25 heavy (non-hydrogen) atoms. The molecule has 1 aromatic heterocycles. The molecule has 2 rings (SSSR count). The zero-order valence-corrected chi connectivity index (χ0v) is 15.4. The van der Waals surface area contributed by atoms with Crippen LogP contribution < -0.4 is 0 Å². The van der Waals surface area contributed by atoms with E-state index in [9.17, 15) is 9.59 Å². The fourth-order valence-corrected chi connectivity index (χ4v) is 2.57. The molecule has 0 spiro atoms. The minimum atomic E-state index is -0.921. The molecule has 0 saturated heterocycles. The largest absolute Gasteiger partial charge is 0.481 e. The highest BCUT2D eigenvalue weighted by Crippen LogP contribution is 2.26. The van der Waals surface area contributed by atoms with Crippen molar-refractivity contribution in [3.63, 3.8) is 0 Å². The minimum Gasteiger partial charge on any atom is -0.481 e. The lowest BCUT2D eigenvalue weighted by Gasteiger charge is -2.22. The number of hydrogen-bond donors (Lipinski definition) is 1. The van der Waals surface area contributed by atoms with Gasteiger partial charge in [-0.3, -0.25) is 9.59 Å². The summed E-state index contributed by atoms with van der Waals surface area (Å²) in [6.07, 6.45) is 1.72. The van der Waals surface area contributed by atoms with Gasteiger partial charge in [-0.2, -0.15) is 5.10 Å². The molecule has 6 heteroatoms. The molecule has 2 aromatic rings. The van der Waals surface area contributed by atoms with Crippen molar-refractivity contribution in [3.8, 4) is 5.69 Å². The van der Waals surface area contributed by atoms with Gasteiger partial charge in [0.05, 0.1) is 22.9 Å². The molecule has 1 heterocycles. The summed E-state index contributed by atoms with van der Waals surface area (Å²) in [4.78, 5) is 25.4. The Morgan fingerprint density at radius 2 is 1.84 bits per heavy atom. The van der Waals surface area contributed by atoms with Crippen molar-refractivity contribution in [2.45, 2.75) is 33.1 Å². The molecule has 1 N–H and O–H groups in total. The number of hydrogen-bond acceptors (Lipinski definition) is 3. The van der Waals surface area contributed by atoms with Gasteiger partial charge in [0, 0.05) is 25.2 Å². The van der Waals surface area contributed by atoms with Crippen LogP contribution in [0.4, 0.5) is 0 Å². The van der Waals surface area contributed by atoms with E-state index in [0.29, 0.717) is 11.3 Å². The van der Waals surface area contributed by atoms with E-state index >= 15 is 0 Å². The molecule has 1 amide bonds. The number of nitrogens with zero attached hydrogens (tertiary/aromatic N) is 3. The smallest absolute Gasteiger partial charge is 0.308 e. The van der Waals surface area contributed by atoms with Gasteiger partial charge in [0.15, 0.2) is 0 Å². The zero-order chi connectivity index (χ0) is 18.8. The van der Waals surface area contributed by atoms with Crippen molar-refractivity contribution in [2.75, 3.05) is 13.6 Å². The second-order valence-electron chi connectivity index (χ2n) is 7.35. The van der Waals surface area contributed by atoms with Crippen molar-refractivity contribution in [3.05, 3.63) is 47.8 Å². The summed E-state index contributed by atoms with van der Waals surface area (Å²) in [5.41, 5.74) is 1.74. The van der Waals surface area contributed by atoms with Crippen molar-refractivity contribution in [1.82, 2.24) is 14.7 Å². The normalized spacial score (nSPS) is 12.7. The van der Waals surface area contributed by atoms with Gasteiger partial charge >= 0.3 is 5.97 Å². The van der Waals surface area contributed by atoms with Crippen LogP contribution in [-0.4, -0.2) is 45.3 Å². The van der Waals surface area contributed by atoms with Crippen molar-refractivity contribution < 1.29 is 14.7 Å². The van der Waals surface area contributed by atoms with E-state index in [1.807, 2.05) is 51.1 Å². The number of para-hydroxylation sites is 1. The van der Waals surface area contributed by atoms with Crippen LogP contribution in [0.25, 0.3) is 5.69 Å². The monoisotopic (exact) mass is 343 g/mol. The SMILES string of the molecule is CC(CN(C)C(=O)c1cn(-c2ccccc2)nc1C(C)(C)C)C(=O)O. The number of amides is 1. The highest BCUT2D eigenvalue weighted by Gasteiger charge is 2.29. The molecule has 0 aliphatic carbocycles. The van der Waals surface area contributed by atoms with Crippen LogP contribution in [-0.2, 0) is 10.2 Å². The van der Waals surface area contributed by atoms with Crippen molar-refractivity contribution in [1.29, 1.82) is 0 Å². The van der Waals surface area contributed by atoms with E-state index in [-0.39, 0.29) is 17.9 Å². The summed E-state index contributed by atoms with van der Waals surface area (Å²) in [6, 6.07) is 9.59. The fraction of sp³-hybridized carbons (Fsp3) is 0.421. The molecule has 6 nitrogen and oxygen atoms in total. The molecular weight excluding hydrogens is 318 g/mol. The second-order valence-corrected chi connectivity index (χ2v) is 7.35. The van der Waals surface area contributed by atoms with Crippen molar-refractivity contribution in [2.24, 2.45) is 5.92 Å². The average Bonchev–Trinajstić information content (AvgIpc) is 3.00. The van der Waals surface area contributed by atoms with Crippen molar-refractivity contribution >= 4 is 11.9 Å². The fourth-order valence-electron chi connectivity index (χ4n) is 2.57. The molecule has 0 saturated carbocycles. The first kappa shape index (κ1) is 18.7. The summed E-state index contributed by atoms with van der Waals surface area (Å²) in [5.74, 6) is -1.77. The number of carbonyl (C=O) groups excluding carboxylic acids is 1. The lowest BCUT2D eigenvalue weighted by molar-refractivity contribution is -0.141. The van der Waals surface area contributed by atoms with E-state index in [1.54, 1.807) is 24.9 Å². The number of aliphatic carboxylic acids is 1. The first-order valence-corrected chi connectivity index (χ1v) is 8.25. The summed E-state index contributed by atoms with van der Waals surface area (Å²) in [5, 5.41) is 13.7. The second kappa shape index (κ2) is 7.09. The molecule has 1 aromatic carbocycles. The first-order chi connectivity index (χ1) is 11.6. The maximum atomic E-state index is 12.9. The third-order valence-electron chi connectivity index (χ3n) is 3.99. The van der Waals surface area contributed by atoms with Crippen LogP contribution in [0.2, 0.25) is 0 Å². The Morgan fingerprint density at radius 1 is 1.24 bits per heavy atom. The number of rotatable bonds is 5. The van der Waals surface area contributed by atoms with Crippen LogP contribution in [0.1, 0.15) is 43.7 Å². The predicted octanol–water partition coefficient (Wildman–Crippen LogP) is 2.96. The molecule has 0 aliphatic heterocycles. The van der Waals surface area contributed by atoms with Gasteiger partial charge in [-0.15, -0.1) is 0 Å². The molecule has 134 valence electrons. The summed E-state index contributed by atoms with van der Waals surface area (Å²) >= 11 is 0. The van der Waals surface area contributed by atoms with Gasteiger partial charge in [0.1, 0.15) is 0 Å². The van der Waals surface area contributed by atoms with E-state index in [1.165, 1.54) is 4.90 Å². The van der Waals surface area contributed by atoms with E-state index in [2.05, 4.69) is 5.10 Å². The maximum absolute atomic E-state index is 12.9.